The number of carbonyl (C=O) groups excluding carboxylic acids is 1. The molecule has 3 aliphatic heterocycles. The van der Waals surface area contributed by atoms with Gasteiger partial charge in [-0.05, 0) is 38.6 Å². The summed E-state index contributed by atoms with van der Waals surface area (Å²) in [6.07, 6.45) is 8.18. The molecule has 3 rings (SSSR count). The number of hydrogen-bond donors (Lipinski definition) is 0. The maximum absolute atomic E-state index is 13.0. The molecule has 5 nitrogen and oxygen atoms in total. The topological polar surface area (TPSA) is 36.0 Å². The van der Waals surface area contributed by atoms with Crippen LogP contribution in [0.3, 0.4) is 0 Å². The van der Waals surface area contributed by atoms with Gasteiger partial charge < -0.3 is 14.5 Å². The minimum absolute atomic E-state index is 0.138. The van der Waals surface area contributed by atoms with Gasteiger partial charge in [0.2, 0.25) is 5.91 Å². The van der Waals surface area contributed by atoms with Crippen molar-refractivity contribution in [2.75, 3.05) is 52.5 Å². The molecule has 0 spiro atoms. The van der Waals surface area contributed by atoms with Crippen LogP contribution in [-0.4, -0.2) is 85.2 Å². The molecule has 0 aliphatic carbocycles. The van der Waals surface area contributed by atoms with Gasteiger partial charge in [-0.15, -0.1) is 0 Å². The zero-order chi connectivity index (χ0) is 16.8. The summed E-state index contributed by atoms with van der Waals surface area (Å²) in [6, 6.07) is 0.559. The quantitative estimate of drug-likeness (QED) is 0.694. The summed E-state index contributed by atoms with van der Waals surface area (Å²) in [7, 11) is 0. The van der Waals surface area contributed by atoms with Gasteiger partial charge in [-0.3, -0.25) is 9.69 Å². The molecular weight excluding hydrogens is 302 g/mol. The highest BCUT2D eigenvalue weighted by atomic mass is 16.5. The largest absolute Gasteiger partial charge is 0.381 e. The van der Waals surface area contributed by atoms with Crippen molar-refractivity contribution in [3.05, 3.63) is 0 Å². The first-order valence-electron chi connectivity index (χ1n) is 10.1. The Labute approximate surface area is 147 Å². The molecule has 1 unspecified atom stereocenters. The molecule has 0 bridgehead atoms. The van der Waals surface area contributed by atoms with Crippen LogP contribution in [0, 0.1) is 0 Å². The van der Waals surface area contributed by atoms with Crippen molar-refractivity contribution in [3.8, 4) is 0 Å². The van der Waals surface area contributed by atoms with E-state index in [-0.39, 0.29) is 6.04 Å². The monoisotopic (exact) mass is 337 g/mol. The number of ether oxygens (including phenoxy) is 1. The fourth-order valence-electron chi connectivity index (χ4n) is 4.46. The van der Waals surface area contributed by atoms with Crippen molar-refractivity contribution in [2.24, 2.45) is 0 Å². The Morgan fingerprint density at radius 1 is 1.00 bits per heavy atom. The SMILES string of the molecule is CCCCCN1CCN(C2CCCN(C3CCOCC3)C2=O)CC1. The minimum Gasteiger partial charge on any atom is -0.381 e. The normalized spacial score (nSPS) is 28.5. The van der Waals surface area contributed by atoms with Gasteiger partial charge in [0.25, 0.3) is 0 Å². The van der Waals surface area contributed by atoms with Crippen LogP contribution in [0.4, 0.5) is 0 Å². The second-order valence-electron chi connectivity index (χ2n) is 7.62. The van der Waals surface area contributed by atoms with E-state index in [2.05, 4.69) is 21.6 Å². The van der Waals surface area contributed by atoms with Gasteiger partial charge in [-0.25, -0.2) is 0 Å². The van der Waals surface area contributed by atoms with E-state index < -0.39 is 0 Å². The summed E-state index contributed by atoms with van der Waals surface area (Å²) < 4.78 is 5.47. The van der Waals surface area contributed by atoms with Gasteiger partial charge in [-0.2, -0.15) is 0 Å². The Balaban J connectivity index is 1.48. The summed E-state index contributed by atoms with van der Waals surface area (Å²) in [5, 5.41) is 0. The highest BCUT2D eigenvalue weighted by Gasteiger charge is 2.37. The number of amides is 1. The highest BCUT2D eigenvalue weighted by molar-refractivity contribution is 5.83. The number of piperidine rings is 1. The number of likely N-dealkylation sites (tertiary alicyclic amines) is 1. The lowest BCUT2D eigenvalue weighted by Crippen LogP contribution is -2.59. The third-order valence-corrected chi connectivity index (χ3v) is 6.00. The third-order valence-electron chi connectivity index (χ3n) is 6.00. The van der Waals surface area contributed by atoms with E-state index in [1.807, 2.05) is 0 Å². The van der Waals surface area contributed by atoms with Crippen LogP contribution >= 0.6 is 0 Å². The van der Waals surface area contributed by atoms with E-state index in [0.29, 0.717) is 11.9 Å². The summed E-state index contributed by atoms with van der Waals surface area (Å²) in [4.78, 5) is 20.3. The lowest BCUT2D eigenvalue weighted by Gasteiger charge is -2.45. The van der Waals surface area contributed by atoms with Gasteiger partial charge in [0.1, 0.15) is 0 Å². The fourth-order valence-corrected chi connectivity index (χ4v) is 4.46. The number of piperazine rings is 1. The number of unbranched alkanes of at least 4 members (excludes halogenated alkanes) is 2. The zero-order valence-corrected chi connectivity index (χ0v) is 15.4. The first-order chi connectivity index (χ1) is 11.8. The molecule has 3 heterocycles. The Kier molecular flexibility index (Phi) is 6.93. The molecule has 0 aromatic carbocycles. The van der Waals surface area contributed by atoms with E-state index in [1.54, 1.807) is 0 Å². The highest BCUT2D eigenvalue weighted by Crippen LogP contribution is 2.24. The van der Waals surface area contributed by atoms with Crippen LogP contribution in [0.2, 0.25) is 0 Å². The Bertz CT molecular complexity index is 390. The van der Waals surface area contributed by atoms with Crippen molar-refractivity contribution in [2.45, 2.75) is 64.0 Å². The maximum Gasteiger partial charge on any atom is 0.240 e. The molecule has 5 heteroatoms. The Hall–Kier alpha value is -0.650. The summed E-state index contributed by atoms with van der Waals surface area (Å²) in [5.74, 6) is 0.396. The van der Waals surface area contributed by atoms with E-state index in [9.17, 15) is 4.79 Å². The molecule has 24 heavy (non-hydrogen) atoms. The Morgan fingerprint density at radius 2 is 1.75 bits per heavy atom. The van der Waals surface area contributed by atoms with E-state index in [4.69, 9.17) is 4.74 Å². The lowest BCUT2D eigenvalue weighted by atomic mass is 9.97. The van der Waals surface area contributed by atoms with Crippen LogP contribution in [0.5, 0.6) is 0 Å². The fraction of sp³-hybridized carbons (Fsp3) is 0.947. The van der Waals surface area contributed by atoms with Gasteiger partial charge in [0, 0.05) is 52.0 Å². The van der Waals surface area contributed by atoms with Crippen LogP contribution < -0.4 is 0 Å². The zero-order valence-electron chi connectivity index (χ0n) is 15.4. The second kappa shape index (κ2) is 9.16. The molecule has 0 radical (unpaired) electrons. The van der Waals surface area contributed by atoms with Gasteiger partial charge in [0.05, 0.1) is 6.04 Å². The Morgan fingerprint density at radius 3 is 2.46 bits per heavy atom. The average Bonchev–Trinajstić information content (AvgIpc) is 2.64. The van der Waals surface area contributed by atoms with Gasteiger partial charge in [0.15, 0.2) is 0 Å². The maximum atomic E-state index is 13.0. The van der Waals surface area contributed by atoms with Crippen LogP contribution in [0.25, 0.3) is 0 Å². The standard InChI is InChI=1S/C19H35N3O2/c1-2-3-4-9-20-11-13-21(14-12-20)18-6-5-10-22(19(18)23)17-7-15-24-16-8-17/h17-18H,2-16H2,1H3. The van der Waals surface area contributed by atoms with Crippen LogP contribution in [0.1, 0.15) is 51.9 Å². The van der Waals surface area contributed by atoms with Crippen LogP contribution in [-0.2, 0) is 9.53 Å². The number of carbonyl (C=O) groups is 1. The number of hydrogen-bond acceptors (Lipinski definition) is 4. The van der Waals surface area contributed by atoms with E-state index in [0.717, 1.165) is 71.6 Å². The molecule has 3 saturated heterocycles. The molecule has 3 fully saturated rings. The first-order valence-corrected chi connectivity index (χ1v) is 10.1. The summed E-state index contributed by atoms with van der Waals surface area (Å²) in [5.41, 5.74) is 0. The van der Waals surface area contributed by atoms with Crippen molar-refractivity contribution in [1.29, 1.82) is 0 Å². The lowest BCUT2D eigenvalue weighted by molar-refractivity contribution is -0.145. The van der Waals surface area contributed by atoms with E-state index in [1.165, 1.54) is 25.8 Å². The molecule has 1 atom stereocenters. The minimum atomic E-state index is 0.138. The van der Waals surface area contributed by atoms with Crippen LogP contribution in [0.15, 0.2) is 0 Å². The summed E-state index contributed by atoms with van der Waals surface area (Å²) >= 11 is 0. The van der Waals surface area contributed by atoms with E-state index >= 15 is 0 Å². The molecule has 0 aromatic heterocycles. The summed E-state index contributed by atoms with van der Waals surface area (Å²) in [6.45, 7) is 10.5. The molecule has 1 amide bonds. The third kappa shape index (κ3) is 4.50. The average molecular weight is 338 g/mol. The predicted molar refractivity (Wildman–Crippen MR) is 96.1 cm³/mol. The second-order valence-corrected chi connectivity index (χ2v) is 7.62. The van der Waals surface area contributed by atoms with Gasteiger partial charge >= 0.3 is 0 Å². The molecule has 0 N–H and O–H groups in total. The molecule has 0 aromatic rings. The van der Waals surface area contributed by atoms with Crippen molar-refractivity contribution >= 4 is 5.91 Å². The predicted octanol–water partition coefficient (Wildman–Crippen LogP) is 1.96. The first kappa shape index (κ1) is 18.2. The molecule has 3 aliphatic rings. The van der Waals surface area contributed by atoms with Crippen molar-refractivity contribution in [3.63, 3.8) is 0 Å². The number of rotatable bonds is 6. The smallest absolute Gasteiger partial charge is 0.240 e. The van der Waals surface area contributed by atoms with Crippen molar-refractivity contribution in [1.82, 2.24) is 14.7 Å². The van der Waals surface area contributed by atoms with Gasteiger partial charge in [-0.1, -0.05) is 19.8 Å². The molecule has 0 saturated carbocycles. The van der Waals surface area contributed by atoms with Crippen molar-refractivity contribution < 1.29 is 9.53 Å². The molecular formula is C19H35N3O2. The number of nitrogens with zero attached hydrogens (tertiary/aromatic N) is 3. The molecule has 138 valence electrons.